The second kappa shape index (κ2) is 11.4. The van der Waals surface area contributed by atoms with E-state index in [1.807, 2.05) is 24.3 Å². The first kappa shape index (κ1) is 21.9. The van der Waals surface area contributed by atoms with Gasteiger partial charge in [0.2, 0.25) is 0 Å². The number of hydrogen-bond acceptors (Lipinski definition) is 3. The number of rotatable bonds is 12. The van der Waals surface area contributed by atoms with E-state index in [0.717, 1.165) is 12.8 Å². The molecule has 0 saturated heterocycles. The van der Waals surface area contributed by atoms with Gasteiger partial charge in [-0.25, -0.2) is 0 Å². The molecular weight excluding hydrogens is 362 g/mol. The Morgan fingerprint density at radius 1 is 0.964 bits per heavy atom. The molecule has 0 aliphatic carbocycles. The number of carbonyl (C=O) groups excluding carboxylic acids is 1. The van der Waals surface area contributed by atoms with Crippen LogP contribution in [0.4, 0.5) is 8.78 Å². The number of benzene rings is 2. The number of aromatic carboxylic acids is 1. The highest BCUT2D eigenvalue weighted by molar-refractivity contribution is 5.95. The molecule has 2 rings (SSSR count). The molecule has 0 aliphatic rings. The Balaban J connectivity index is 2.00. The van der Waals surface area contributed by atoms with E-state index >= 15 is 0 Å². The topological polar surface area (TPSA) is 49.4 Å². The van der Waals surface area contributed by atoms with Crippen molar-refractivity contribution in [2.45, 2.75) is 64.9 Å². The van der Waals surface area contributed by atoms with E-state index in [0.29, 0.717) is 11.1 Å². The summed E-state index contributed by atoms with van der Waals surface area (Å²) in [6, 6.07) is 11.3. The normalized spacial score (nSPS) is 11.0. The molecule has 0 aliphatic heterocycles. The average Bonchev–Trinajstić information content (AvgIpc) is 2.67. The predicted octanol–water partition coefficient (Wildman–Crippen LogP) is 5.61. The van der Waals surface area contributed by atoms with Gasteiger partial charge >= 0.3 is 6.61 Å². The zero-order valence-corrected chi connectivity index (χ0v) is 16.3. The summed E-state index contributed by atoms with van der Waals surface area (Å²) in [4.78, 5) is 11.4. The molecule has 0 amide bonds. The van der Waals surface area contributed by atoms with Gasteiger partial charge in [0.15, 0.2) is 0 Å². The summed E-state index contributed by atoms with van der Waals surface area (Å²) in [6.07, 6.45) is 9.69. The lowest BCUT2D eigenvalue weighted by molar-refractivity contribution is -0.254. The molecule has 0 N–H and O–H groups in total. The Kier molecular flexibility index (Phi) is 8.92. The Labute approximate surface area is 165 Å². The minimum absolute atomic E-state index is 0.0542. The van der Waals surface area contributed by atoms with Crippen LogP contribution in [-0.4, -0.2) is 12.6 Å². The van der Waals surface area contributed by atoms with Crippen molar-refractivity contribution >= 4 is 5.97 Å². The molecule has 0 atom stereocenters. The summed E-state index contributed by atoms with van der Waals surface area (Å²) in [5, 5.41) is 11.4. The third-order valence-corrected chi connectivity index (χ3v) is 4.77. The molecule has 152 valence electrons. The van der Waals surface area contributed by atoms with Crippen molar-refractivity contribution in [3.63, 3.8) is 0 Å². The molecular formula is C23H27F2O3-. The van der Waals surface area contributed by atoms with Gasteiger partial charge in [-0.3, -0.25) is 0 Å². The lowest BCUT2D eigenvalue weighted by Gasteiger charge is -2.14. The van der Waals surface area contributed by atoms with Gasteiger partial charge in [0.25, 0.3) is 0 Å². The van der Waals surface area contributed by atoms with Gasteiger partial charge in [-0.1, -0.05) is 69.7 Å². The number of carboxylic acid groups (broad SMARTS) is 1. The second-order valence-corrected chi connectivity index (χ2v) is 6.94. The van der Waals surface area contributed by atoms with Crippen LogP contribution in [0.3, 0.4) is 0 Å². The van der Waals surface area contributed by atoms with Crippen molar-refractivity contribution in [1.29, 1.82) is 0 Å². The molecule has 5 heteroatoms. The first-order valence-corrected chi connectivity index (χ1v) is 9.90. The van der Waals surface area contributed by atoms with Gasteiger partial charge in [-0.2, -0.15) is 8.78 Å². The zero-order chi connectivity index (χ0) is 20.4. The van der Waals surface area contributed by atoms with E-state index in [1.165, 1.54) is 62.3 Å². The summed E-state index contributed by atoms with van der Waals surface area (Å²) >= 11 is 0. The highest BCUT2D eigenvalue weighted by atomic mass is 19.3. The maximum absolute atomic E-state index is 12.5. The lowest BCUT2D eigenvalue weighted by atomic mass is 9.97. The van der Waals surface area contributed by atoms with Crippen LogP contribution in [-0.2, 0) is 6.42 Å². The van der Waals surface area contributed by atoms with Crippen LogP contribution in [0, 0.1) is 0 Å². The standard InChI is InChI=1S/C23H28F2O3/c1-2-3-4-5-6-7-8-9-17-10-12-18(13-11-17)21-16-19(28-23(24)25)14-15-20(21)22(26)27/h10-16,23H,2-9H2,1H3,(H,26,27)/p-1. The molecule has 0 unspecified atom stereocenters. The van der Waals surface area contributed by atoms with Crippen molar-refractivity contribution in [2.75, 3.05) is 0 Å². The zero-order valence-electron chi connectivity index (χ0n) is 16.3. The molecule has 0 aromatic heterocycles. The van der Waals surface area contributed by atoms with Crippen molar-refractivity contribution < 1.29 is 23.4 Å². The van der Waals surface area contributed by atoms with Crippen molar-refractivity contribution in [3.8, 4) is 16.9 Å². The number of carboxylic acids is 1. The van der Waals surface area contributed by atoms with Gasteiger partial charge in [0.1, 0.15) is 5.75 Å². The molecule has 28 heavy (non-hydrogen) atoms. The van der Waals surface area contributed by atoms with Gasteiger partial charge < -0.3 is 14.6 Å². The van der Waals surface area contributed by atoms with Crippen LogP contribution in [0.25, 0.3) is 11.1 Å². The fraction of sp³-hybridized carbons (Fsp3) is 0.435. The van der Waals surface area contributed by atoms with Crippen molar-refractivity contribution in [3.05, 3.63) is 53.6 Å². The summed E-state index contributed by atoms with van der Waals surface area (Å²) in [5.41, 5.74) is 2.05. The van der Waals surface area contributed by atoms with Crippen LogP contribution in [0.15, 0.2) is 42.5 Å². The van der Waals surface area contributed by atoms with E-state index in [-0.39, 0.29) is 11.3 Å². The van der Waals surface area contributed by atoms with E-state index in [9.17, 15) is 18.7 Å². The van der Waals surface area contributed by atoms with E-state index in [2.05, 4.69) is 11.7 Å². The highest BCUT2D eigenvalue weighted by Crippen LogP contribution is 2.29. The maximum Gasteiger partial charge on any atom is 0.387 e. The lowest BCUT2D eigenvalue weighted by Crippen LogP contribution is -2.23. The number of aryl methyl sites for hydroxylation is 1. The van der Waals surface area contributed by atoms with Gasteiger partial charge in [0.05, 0.1) is 5.97 Å². The van der Waals surface area contributed by atoms with Crippen LogP contribution >= 0.6 is 0 Å². The second-order valence-electron chi connectivity index (χ2n) is 6.94. The molecule has 3 nitrogen and oxygen atoms in total. The monoisotopic (exact) mass is 389 g/mol. The minimum atomic E-state index is -2.97. The highest BCUT2D eigenvalue weighted by Gasteiger charge is 2.11. The van der Waals surface area contributed by atoms with Crippen LogP contribution < -0.4 is 9.84 Å². The van der Waals surface area contributed by atoms with Gasteiger partial charge in [-0.15, -0.1) is 0 Å². The van der Waals surface area contributed by atoms with Crippen molar-refractivity contribution in [1.82, 2.24) is 0 Å². The van der Waals surface area contributed by atoms with Crippen LogP contribution in [0.1, 0.15) is 67.8 Å². The number of alkyl halides is 2. The molecule has 0 bridgehead atoms. The van der Waals surface area contributed by atoms with E-state index in [1.54, 1.807) is 0 Å². The molecule has 2 aromatic carbocycles. The Bertz CT molecular complexity index is 742. The fourth-order valence-corrected chi connectivity index (χ4v) is 3.25. The molecule has 0 radical (unpaired) electrons. The number of hydrogen-bond donors (Lipinski definition) is 0. The predicted molar refractivity (Wildman–Crippen MR) is 105 cm³/mol. The van der Waals surface area contributed by atoms with E-state index < -0.39 is 12.6 Å². The molecule has 0 saturated carbocycles. The molecule has 0 heterocycles. The Hall–Kier alpha value is -2.43. The summed E-state index contributed by atoms with van der Waals surface area (Å²) in [6.45, 7) is -0.757. The fourth-order valence-electron chi connectivity index (χ4n) is 3.25. The molecule has 0 fully saturated rings. The molecule has 0 spiro atoms. The van der Waals surface area contributed by atoms with Gasteiger partial charge in [0, 0.05) is 5.56 Å². The quantitative estimate of drug-likeness (QED) is 0.443. The number of unbranched alkanes of at least 4 members (excludes halogenated alkanes) is 6. The van der Waals surface area contributed by atoms with Gasteiger partial charge in [-0.05, 0) is 47.7 Å². The largest absolute Gasteiger partial charge is 0.545 e. The smallest absolute Gasteiger partial charge is 0.387 e. The average molecular weight is 389 g/mol. The van der Waals surface area contributed by atoms with Crippen molar-refractivity contribution in [2.24, 2.45) is 0 Å². The first-order chi connectivity index (χ1) is 13.5. The Morgan fingerprint density at radius 3 is 2.21 bits per heavy atom. The summed E-state index contributed by atoms with van der Waals surface area (Å²) in [5.74, 6) is -1.44. The number of carbonyl (C=O) groups is 1. The van der Waals surface area contributed by atoms with Crippen LogP contribution in [0.2, 0.25) is 0 Å². The maximum atomic E-state index is 12.5. The number of ether oxygens (including phenoxy) is 1. The number of halogens is 2. The SMILES string of the molecule is CCCCCCCCCc1ccc(-c2cc(OC(F)F)ccc2C(=O)[O-])cc1. The summed E-state index contributed by atoms with van der Waals surface area (Å²) in [7, 11) is 0. The third kappa shape index (κ3) is 6.95. The summed E-state index contributed by atoms with van der Waals surface area (Å²) < 4.78 is 29.3. The minimum Gasteiger partial charge on any atom is -0.545 e. The third-order valence-electron chi connectivity index (χ3n) is 4.77. The van der Waals surface area contributed by atoms with Crippen LogP contribution in [0.5, 0.6) is 5.75 Å². The molecule has 2 aromatic rings. The Morgan fingerprint density at radius 2 is 1.61 bits per heavy atom. The van der Waals surface area contributed by atoms with E-state index in [4.69, 9.17) is 0 Å². The first-order valence-electron chi connectivity index (χ1n) is 9.90.